The molecule has 3 heteroatoms. The molecule has 0 aliphatic rings. The Hall–Kier alpha value is -1.01. The molecular formula is C7H4BrNO. The standard InChI is InChI=1S/C7H4BrNO/c8-7-4-3-6(10-7)2-1-5-9/h1-4H/b2-1+. The molecule has 0 atom stereocenters. The van der Waals surface area contributed by atoms with Gasteiger partial charge in [0.2, 0.25) is 0 Å². The largest absolute Gasteiger partial charge is 0.450 e. The van der Waals surface area contributed by atoms with Gasteiger partial charge in [-0.15, -0.1) is 0 Å². The van der Waals surface area contributed by atoms with Crippen molar-refractivity contribution in [3.8, 4) is 6.07 Å². The number of rotatable bonds is 1. The fourth-order valence-corrected chi connectivity index (χ4v) is 0.856. The van der Waals surface area contributed by atoms with E-state index >= 15 is 0 Å². The van der Waals surface area contributed by atoms with E-state index in [-0.39, 0.29) is 0 Å². The van der Waals surface area contributed by atoms with Gasteiger partial charge in [0, 0.05) is 6.08 Å². The maximum atomic E-state index is 8.14. The van der Waals surface area contributed by atoms with Crippen molar-refractivity contribution in [3.63, 3.8) is 0 Å². The molecule has 0 radical (unpaired) electrons. The predicted molar refractivity (Wildman–Crippen MR) is 41.1 cm³/mol. The van der Waals surface area contributed by atoms with Gasteiger partial charge >= 0.3 is 0 Å². The van der Waals surface area contributed by atoms with Crippen LogP contribution in [0.2, 0.25) is 0 Å². The van der Waals surface area contributed by atoms with Crippen molar-refractivity contribution in [1.82, 2.24) is 0 Å². The summed E-state index contributed by atoms with van der Waals surface area (Å²) in [4.78, 5) is 0. The minimum atomic E-state index is 0.671. The van der Waals surface area contributed by atoms with E-state index in [1.165, 1.54) is 6.08 Å². The zero-order valence-corrected chi connectivity index (χ0v) is 6.63. The van der Waals surface area contributed by atoms with Crippen molar-refractivity contribution in [2.75, 3.05) is 0 Å². The molecule has 0 aliphatic heterocycles. The van der Waals surface area contributed by atoms with Gasteiger partial charge in [-0.2, -0.15) is 5.26 Å². The first-order chi connectivity index (χ1) is 4.83. The SMILES string of the molecule is N#C/C=C/c1ccc(Br)o1. The molecule has 0 aliphatic carbocycles. The molecule has 0 saturated carbocycles. The van der Waals surface area contributed by atoms with Crippen LogP contribution in [0.15, 0.2) is 27.3 Å². The molecule has 10 heavy (non-hydrogen) atoms. The van der Waals surface area contributed by atoms with Crippen molar-refractivity contribution >= 4 is 22.0 Å². The zero-order valence-electron chi connectivity index (χ0n) is 5.04. The van der Waals surface area contributed by atoms with Gasteiger partial charge in [-0.25, -0.2) is 0 Å². The van der Waals surface area contributed by atoms with E-state index in [0.29, 0.717) is 10.4 Å². The average Bonchev–Trinajstić information content (AvgIpc) is 2.31. The maximum absolute atomic E-state index is 8.14. The Morgan fingerprint density at radius 3 is 2.90 bits per heavy atom. The molecular weight excluding hydrogens is 194 g/mol. The Labute approximate surface area is 66.9 Å². The van der Waals surface area contributed by atoms with Crippen LogP contribution >= 0.6 is 15.9 Å². The summed E-state index contributed by atoms with van der Waals surface area (Å²) in [5, 5.41) is 8.14. The molecule has 1 heterocycles. The van der Waals surface area contributed by atoms with Gasteiger partial charge in [-0.3, -0.25) is 0 Å². The minimum absolute atomic E-state index is 0.671. The van der Waals surface area contributed by atoms with Gasteiger partial charge in [-0.1, -0.05) is 0 Å². The fourth-order valence-electron chi connectivity index (χ4n) is 0.537. The zero-order chi connectivity index (χ0) is 7.40. The number of furan rings is 1. The quantitative estimate of drug-likeness (QED) is 0.650. The van der Waals surface area contributed by atoms with E-state index in [1.54, 1.807) is 18.2 Å². The van der Waals surface area contributed by atoms with Crippen molar-refractivity contribution < 1.29 is 4.42 Å². The second-order valence-corrected chi connectivity index (χ2v) is 2.39. The van der Waals surface area contributed by atoms with Crippen LogP contribution in [0.1, 0.15) is 5.76 Å². The monoisotopic (exact) mass is 197 g/mol. The smallest absolute Gasteiger partial charge is 0.169 e. The highest BCUT2D eigenvalue weighted by atomic mass is 79.9. The van der Waals surface area contributed by atoms with Gasteiger partial charge < -0.3 is 4.42 Å². The summed E-state index contributed by atoms with van der Waals surface area (Å²) in [6, 6.07) is 5.42. The number of hydrogen-bond donors (Lipinski definition) is 0. The minimum Gasteiger partial charge on any atom is -0.450 e. The molecule has 2 nitrogen and oxygen atoms in total. The van der Waals surface area contributed by atoms with Gasteiger partial charge in [0.25, 0.3) is 0 Å². The first-order valence-corrected chi connectivity index (χ1v) is 3.44. The van der Waals surface area contributed by atoms with E-state index in [2.05, 4.69) is 15.9 Å². The second kappa shape index (κ2) is 3.23. The molecule has 0 unspecified atom stereocenters. The van der Waals surface area contributed by atoms with E-state index in [4.69, 9.17) is 9.68 Å². The number of hydrogen-bond acceptors (Lipinski definition) is 2. The number of nitrogens with zero attached hydrogens (tertiary/aromatic N) is 1. The van der Waals surface area contributed by atoms with Crippen LogP contribution in [0.25, 0.3) is 6.08 Å². The van der Waals surface area contributed by atoms with Crippen LogP contribution in [-0.2, 0) is 0 Å². The molecule has 1 aromatic heterocycles. The summed E-state index contributed by atoms with van der Waals surface area (Å²) in [7, 11) is 0. The summed E-state index contributed by atoms with van der Waals surface area (Å²) >= 11 is 3.14. The van der Waals surface area contributed by atoms with Crippen LogP contribution in [0.3, 0.4) is 0 Å². The molecule has 0 amide bonds. The molecule has 0 N–H and O–H groups in total. The van der Waals surface area contributed by atoms with E-state index in [9.17, 15) is 0 Å². The van der Waals surface area contributed by atoms with Gasteiger partial charge in [0.1, 0.15) is 5.76 Å². The first-order valence-electron chi connectivity index (χ1n) is 2.64. The molecule has 1 rings (SSSR count). The average molecular weight is 198 g/mol. The van der Waals surface area contributed by atoms with Gasteiger partial charge in [0.05, 0.1) is 6.07 Å². The molecule has 0 saturated heterocycles. The third-order valence-electron chi connectivity index (χ3n) is 0.916. The van der Waals surface area contributed by atoms with Gasteiger partial charge in [0.15, 0.2) is 4.67 Å². The summed E-state index contributed by atoms with van der Waals surface area (Å²) in [5.41, 5.74) is 0. The highest BCUT2D eigenvalue weighted by Gasteiger charge is 1.91. The summed E-state index contributed by atoms with van der Waals surface area (Å²) in [6.07, 6.45) is 2.97. The predicted octanol–water partition coefficient (Wildman–Crippen LogP) is 2.58. The highest BCUT2D eigenvalue weighted by Crippen LogP contribution is 2.14. The van der Waals surface area contributed by atoms with Crippen molar-refractivity contribution in [3.05, 3.63) is 28.6 Å². The van der Waals surface area contributed by atoms with Crippen LogP contribution in [0.5, 0.6) is 0 Å². The molecule has 50 valence electrons. The van der Waals surface area contributed by atoms with Crippen LogP contribution in [-0.4, -0.2) is 0 Å². The number of allylic oxidation sites excluding steroid dienone is 1. The lowest BCUT2D eigenvalue weighted by Crippen LogP contribution is -1.56. The maximum Gasteiger partial charge on any atom is 0.169 e. The normalized spacial score (nSPS) is 10.0. The lowest BCUT2D eigenvalue weighted by molar-refractivity contribution is 0.531. The van der Waals surface area contributed by atoms with E-state index in [0.717, 1.165) is 0 Å². The summed E-state index contributed by atoms with van der Waals surface area (Å²) in [6.45, 7) is 0. The number of halogens is 1. The third-order valence-corrected chi connectivity index (χ3v) is 1.34. The van der Waals surface area contributed by atoms with Crippen molar-refractivity contribution in [2.45, 2.75) is 0 Å². The molecule has 0 bridgehead atoms. The van der Waals surface area contributed by atoms with Crippen LogP contribution in [0, 0.1) is 11.3 Å². The first kappa shape index (κ1) is 7.10. The van der Waals surface area contributed by atoms with Crippen LogP contribution < -0.4 is 0 Å². The fraction of sp³-hybridized carbons (Fsp3) is 0. The highest BCUT2D eigenvalue weighted by molar-refractivity contribution is 9.10. The van der Waals surface area contributed by atoms with Crippen molar-refractivity contribution in [1.29, 1.82) is 5.26 Å². The Morgan fingerprint density at radius 1 is 1.60 bits per heavy atom. The Morgan fingerprint density at radius 2 is 2.40 bits per heavy atom. The number of nitriles is 1. The summed E-state index contributed by atoms with van der Waals surface area (Å²) in [5.74, 6) is 0.674. The second-order valence-electron chi connectivity index (χ2n) is 1.60. The topological polar surface area (TPSA) is 36.9 Å². The molecule has 1 aromatic rings. The Bertz CT molecular complexity index is 282. The lowest BCUT2D eigenvalue weighted by atomic mass is 10.4. The summed E-state index contributed by atoms with van der Waals surface area (Å²) < 4.78 is 5.74. The Kier molecular flexibility index (Phi) is 2.30. The van der Waals surface area contributed by atoms with Gasteiger partial charge in [-0.05, 0) is 34.1 Å². The third kappa shape index (κ3) is 1.74. The molecule has 0 aromatic carbocycles. The molecule has 0 spiro atoms. The lowest BCUT2D eigenvalue weighted by Gasteiger charge is -1.78. The van der Waals surface area contributed by atoms with Crippen LogP contribution in [0.4, 0.5) is 0 Å². The van der Waals surface area contributed by atoms with E-state index < -0.39 is 0 Å². The Balaban J connectivity index is 2.78. The van der Waals surface area contributed by atoms with Crippen molar-refractivity contribution in [2.24, 2.45) is 0 Å². The molecule has 0 fully saturated rings. The van der Waals surface area contributed by atoms with E-state index in [1.807, 2.05) is 6.07 Å².